The highest BCUT2D eigenvalue weighted by molar-refractivity contribution is 6.04. The third kappa shape index (κ3) is 4.09. The number of anilines is 1. The van der Waals surface area contributed by atoms with Crippen LogP contribution in [0.25, 0.3) is 38.8 Å². The lowest BCUT2D eigenvalue weighted by Crippen LogP contribution is -2.24. The number of ether oxygens (including phenoxy) is 1. The van der Waals surface area contributed by atoms with Crippen LogP contribution in [0.4, 0.5) is 5.82 Å². The fourth-order valence-corrected chi connectivity index (χ4v) is 5.22. The van der Waals surface area contributed by atoms with Crippen LogP contribution in [-0.2, 0) is 7.05 Å². The molecule has 6 rings (SSSR count). The summed E-state index contributed by atoms with van der Waals surface area (Å²) < 4.78 is 9.20. The second-order valence-corrected chi connectivity index (χ2v) is 10.1. The Labute approximate surface area is 220 Å². The van der Waals surface area contributed by atoms with Crippen LogP contribution in [0.2, 0.25) is 0 Å². The summed E-state index contributed by atoms with van der Waals surface area (Å²) in [5.41, 5.74) is 5.47. The number of β-amino-alcohol motifs (C(OH)–C–C–N with tert-alkyl or cyclic N) is 1. The number of hydrogen-bond donors (Lipinski definition) is 1. The molecule has 0 spiro atoms. The molecule has 0 bridgehead atoms. The van der Waals surface area contributed by atoms with Gasteiger partial charge in [0.1, 0.15) is 11.6 Å². The van der Waals surface area contributed by atoms with Gasteiger partial charge in [-0.25, -0.2) is 9.78 Å². The average Bonchev–Trinajstić information content (AvgIpc) is 3.44. The Hall–Kier alpha value is -4.24. The molecule has 9 nitrogen and oxygen atoms in total. The highest BCUT2D eigenvalue weighted by Gasteiger charge is 2.23. The normalized spacial score (nSPS) is 15.7. The first kappa shape index (κ1) is 24.1. The molecule has 1 aliphatic heterocycles. The van der Waals surface area contributed by atoms with Crippen molar-refractivity contribution in [3.8, 4) is 22.6 Å². The van der Waals surface area contributed by atoms with Crippen molar-refractivity contribution >= 4 is 27.8 Å². The third-order valence-corrected chi connectivity index (χ3v) is 7.07. The summed E-state index contributed by atoms with van der Waals surface area (Å²) in [6, 6.07) is 11.9. The molecule has 1 fully saturated rings. The molecule has 4 aromatic heterocycles. The summed E-state index contributed by atoms with van der Waals surface area (Å²) in [6.07, 6.45) is 5.71. The molecular formula is C29H30N6O3. The van der Waals surface area contributed by atoms with E-state index in [-0.39, 0.29) is 17.9 Å². The van der Waals surface area contributed by atoms with E-state index in [0.29, 0.717) is 12.3 Å². The van der Waals surface area contributed by atoms with Crippen LogP contribution in [0.1, 0.15) is 26.0 Å². The van der Waals surface area contributed by atoms with E-state index >= 15 is 0 Å². The Balaban J connectivity index is 1.53. The van der Waals surface area contributed by atoms with Gasteiger partial charge in [0.25, 0.3) is 0 Å². The summed E-state index contributed by atoms with van der Waals surface area (Å²) in [4.78, 5) is 29.5. The lowest BCUT2D eigenvalue weighted by atomic mass is 10.0. The minimum Gasteiger partial charge on any atom is -0.489 e. The number of nitrogens with zero attached hydrogens (tertiary/aromatic N) is 6. The topological polar surface area (TPSA) is 98.3 Å². The van der Waals surface area contributed by atoms with Crippen LogP contribution in [0, 0.1) is 6.92 Å². The van der Waals surface area contributed by atoms with Crippen molar-refractivity contribution in [3.63, 3.8) is 0 Å². The second kappa shape index (κ2) is 9.25. The molecule has 9 heteroatoms. The fourth-order valence-electron chi connectivity index (χ4n) is 5.22. The van der Waals surface area contributed by atoms with Gasteiger partial charge in [-0.15, -0.1) is 0 Å². The lowest BCUT2D eigenvalue weighted by Gasteiger charge is -2.18. The fraction of sp³-hybridized carbons (Fsp3) is 0.310. The smallest absolute Gasteiger partial charge is 0.333 e. The molecule has 0 unspecified atom stereocenters. The number of imidazole rings is 1. The van der Waals surface area contributed by atoms with Crippen LogP contribution >= 0.6 is 0 Å². The highest BCUT2D eigenvalue weighted by atomic mass is 16.5. The van der Waals surface area contributed by atoms with Gasteiger partial charge < -0.3 is 14.7 Å². The van der Waals surface area contributed by atoms with E-state index in [1.165, 1.54) is 0 Å². The van der Waals surface area contributed by atoms with Crippen LogP contribution in [0.15, 0.2) is 59.8 Å². The van der Waals surface area contributed by atoms with Gasteiger partial charge in [-0.2, -0.15) is 0 Å². The predicted molar refractivity (Wildman–Crippen MR) is 148 cm³/mol. The molecule has 1 saturated heterocycles. The quantitative estimate of drug-likeness (QED) is 0.382. The largest absolute Gasteiger partial charge is 0.489 e. The number of aryl methyl sites for hydroxylation is 2. The Morgan fingerprint density at radius 1 is 1.08 bits per heavy atom. The number of rotatable bonds is 5. The molecule has 1 atom stereocenters. The van der Waals surface area contributed by atoms with Gasteiger partial charge in [0.15, 0.2) is 0 Å². The van der Waals surface area contributed by atoms with Crippen LogP contribution in [0.3, 0.4) is 0 Å². The van der Waals surface area contributed by atoms with Gasteiger partial charge in [-0.05, 0) is 63.1 Å². The first-order chi connectivity index (χ1) is 18.3. The van der Waals surface area contributed by atoms with Crippen molar-refractivity contribution in [1.29, 1.82) is 0 Å². The maximum absolute atomic E-state index is 13.6. The standard InChI is InChI=1S/C29H30N6O3/c1-17(2)38-22-11-20(13-30-14-22)19-5-6-24-23(12-19)28-26(15-31-24)33(4)29(37)35(28)25-7-8-27(32-18(25)3)34-10-9-21(36)16-34/h5-8,11-15,17,21,36H,9-10,16H2,1-4H3/t21-/m0/s1. The first-order valence-electron chi connectivity index (χ1n) is 12.8. The van der Waals surface area contributed by atoms with Gasteiger partial charge in [0.05, 0.1) is 52.5 Å². The molecule has 194 valence electrons. The van der Waals surface area contributed by atoms with Crippen LogP contribution < -0.4 is 15.3 Å². The lowest BCUT2D eigenvalue weighted by molar-refractivity contribution is 0.198. The van der Waals surface area contributed by atoms with Gasteiger partial charge in [-0.1, -0.05) is 6.07 Å². The zero-order chi connectivity index (χ0) is 26.6. The van der Waals surface area contributed by atoms with E-state index in [1.807, 2.05) is 57.3 Å². The molecule has 38 heavy (non-hydrogen) atoms. The van der Waals surface area contributed by atoms with Crippen molar-refractivity contribution in [2.45, 2.75) is 39.4 Å². The maximum atomic E-state index is 13.6. The zero-order valence-corrected chi connectivity index (χ0v) is 21.9. The molecule has 1 aromatic carbocycles. The molecule has 0 aliphatic carbocycles. The third-order valence-electron chi connectivity index (χ3n) is 7.07. The summed E-state index contributed by atoms with van der Waals surface area (Å²) in [6.45, 7) is 7.21. The second-order valence-electron chi connectivity index (χ2n) is 10.1. The summed E-state index contributed by atoms with van der Waals surface area (Å²) in [5, 5.41) is 10.8. The van der Waals surface area contributed by atoms with Crippen molar-refractivity contribution in [2.24, 2.45) is 7.05 Å². The maximum Gasteiger partial charge on any atom is 0.333 e. The predicted octanol–water partition coefficient (Wildman–Crippen LogP) is 4.00. The summed E-state index contributed by atoms with van der Waals surface area (Å²) in [5.74, 6) is 1.51. The van der Waals surface area contributed by atoms with Crippen molar-refractivity contribution in [2.75, 3.05) is 18.0 Å². The summed E-state index contributed by atoms with van der Waals surface area (Å²) in [7, 11) is 1.76. The highest BCUT2D eigenvalue weighted by Crippen LogP contribution is 2.31. The van der Waals surface area contributed by atoms with Gasteiger partial charge in [-0.3, -0.25) is 19.1 Å². The number of aliphatic hydroxyl groups is 1. The number of aromatic nitrogens is 5. The van der Waals surface area contributed by atoms with E-state index in [0.717, 1.165) is 63.2 Å². The van der Waals surface area contributed by atoms with Gasteiger partial charge in [0.2, 0.25) is 0 Å². The minimum absolute atomic E-state index is 0.0463. The van der Waals surface area contributed by atoms with Gasteiger partial charge >= 0.3 is 5.69 Å². The Bertz CT molecular complexity index is 1740. The van der Waals surface area contributed by atoms with E-state index < -0.39 is 0 Å². The van der Waals surface area contributed by atoms with Crippen molar-refractivity contribution in [1.82, 2.24) is 24.1 Å². The Morgan fingerprint density at radius 3 is 2.66 bits per heavy atom. The Morgan fingerprint density at radius 2 is 1.92 bits per heavy atom. The molecule has 0 amide bonds. The van der Waals surface area contributed by atoms with E-state index in [9.17, 15) is 9.90 Å². The number of pyridine rings is 3. The van der Waals surface area contributed by atoms with E-state index in [4.69, 9.17) is 9.72 Å². The van der Waals surface area contributed by atoms with E-state index in [1.54, 1.807) is 28.6 Å². The monoisotopic (exact) mass is 510 g/mol. The Kier molecular flexibility index (Phi) is 5.87. The average molecular weight is 511 g/mol. The minimum atomic E-state index is -0.335. The van der Waals surface area contributed by atoms with E-state index in [2.05, 4.69) is 20.9 Å². The molecule has 5 heterocycles. The molecule has 1 aliphatic rings. The summed E-state index contributed by atoms with van der Waals surface area (Å²) >= 11 is 0. The van der Waals surface area contributed by atoms with Gasteiger partial charge in [0, 0.05) is 37.3 Å². The number of fused-ring (bicyclic) bond motifs is 3. The molecule has 0 saturated carbocycles. The molecule has 1 N–H and O–H groups in total. The molecule has 0 radical (unpaired) electrons. The zero-order valence-electron chi connectivity index (χ0n) is 21.9. The van der Waals surface area contributed by atoms with Crippen LogP contribution in [-0.4, -0.2) is 54.5 Å². The number of hydrogen-bond acceptors (Lipinski definition) is 7. The number of aliphatic hydroxyl groups excluding tert-OH is 1. The number of benzene rings is 1. The molecule has 5 aromatic rings. The molecular weight excluding hydrogens is 480 g/mol. The van der Waals surface area contributed by atoms with Crippen LogP contribution in [0.5, 0.6) is 5.75 Å². The van der Waals surface area contributed by atoms with Crippen molar-refractivity contribution < 1.29 is 9.84 Å². The SMILES string of the molecule is Cc1nc(N2CC[C@H](O)C2)ccc1-n1c(=O)n(C)c2cnc3ccc(-c4cncc(OC(C)C)c4)cc3c21. The van der Waals surface area contributed by atoms with Crippen molar-refractivity contribution in [3.05, 3.63) is 71.2 Å². The first-order valence-corrected chi connectivity index (χ1v) is 12.8.